The summed E-state index contributed by atoms with van der Waals surface area (Å²) in [5.41, 5.74) is 7.77. The molecule has 0 aromatic heterocycles. The van der Waals surface area contributed by atoms with Gasteiger partial charge in [0.2, 0.25) is 0 Å². The first-order valence-electron chi connectivity index (χ1n) is 5.93. The van der Waals surface area contributed by atoms with Crippen molar-refractivity contribution in [1.29, 1.82) is 5.26 Å². The van der Waals surface area contributed by atoms with E-state index in [1.807, 2.05) is 6.07 Å². The lowest BCUT2D eigenvalue weighted by molar-refractivity contribution is 0.0952. The van der Waals surface area contributed by atoms with Gasteiger partial charge in [-0.3, -0.25) is 4.79 Å². The van der Waals surface area contributed by atoms with Gasteiger partial charge in [-0.1, -0.05) is 29.8 Å². The van der Waals surface area contributed by atoms with Crippen LogP contribution in [-0.2, 0) is 6.54 Å². The monoisotopic (exact) mass is 285 g/mol. The molecule has 0 spiro atoms. The number of nitrogens with one attached hydrogen (secondary N) is 1. The molecule has 0 radical (unpaired) electrons. The fourth-order valence-electron chi connectivity index (χ4n) is 1.76. The summed E-state index contributed by atoms with van der Waals surface area (Å²) >= 11 is 5.87. The van der Waals surface area contributed by atoms with Gasteiger partial charge >= 0.3 is 0 Å². The molecule has 0 aliphatic heterocycles. The maximum absolute atomic E-state index is 12.0. The summed E-state index contributed by atoms with van der Waals surface area (Å²) in [6.45, 7) is 0.320. The number of rotatable bonds is 3. The van der Waals surface area contributed by atoms with Crippen molar-refractivity contribution < 1.29 is 4.79 Å². The Morgan fingerprint density at radius 1 is 1.30 bits per heavy atom. The van der Waals surface area contributed by atoms with Crippen LogP contribution in [0.4, 0.5) is 5.69 Å². The normalized spacial score (nSPS) is 9.80. The van der Waals surface area contributed by atoms with E-state index in [4.69, 9.17) is 22.6 Å². The molecule has 0 saturated carbocycles. The van der Waals surface area contributed by atoms with E-state index in [1.54, 1.807) is 36.4 Å². The Morgan fingerprint density at radius 3 is 2.80 bits per heavy atom. The number of amides is 1. The molecule has 100 valence electrons. The highest BCUT2D eigenvalue weighted by atomic mass is 35.5. The first-order valence-corrected chi connectivity index (χ1v) is 6.31. The van der Waals surface area contributed by atoms with Crippen molar-refractivity contribution in [3.05, 3.63) is 64.2 Å². The molecule has 0 saturated heterocycles. The predicted octanol–water partition coefficient (Wildman–Crippen LogP) is 2.72. The molecule has 1 amide bonds. The summed E-state index contributed by atoms with van der Waals surface area (Å²) in [6.07, 6.45) is 0. The minimum absolute atomic E-state index is 0.262. The maximum Gasteiger partial charge on any atom is 0.253 e. The van der Waals surface area contributed by atoms with E-state index in [0.717, 1.165) is 5.56 Å². The summed E-state index contributed by atoms with van der Waals surface area (Å²) in [4.78, 5) is 12.0. The van der Waals surface area contributed by atoms with Crippen LogP contribution < -0.4 is 11.1 Å². The molecule has 0 unspecified atom stereocenters. The Balaban J connectivity index is 2.09. The third-order valence-electron chi connectivity index (χ3n) is 2.81. The number of benzene rings is 2. The number of nitriles is 1. The third-order valence-corrected chi connectivity index (χ3v) is 3.14. The maximum atomic E-state index is 12.0. The van der Waals surface area contributed by atoms with Crippen molar-refractivity contribution in [2.24, 2.45) is 0 Å². The van der Waals surface area contributed by atoms with Crippen molar-refractivity contribution >= 4 is 23.2 Å². The highest BCUT2D eigenvalue weighted by molar-refractivity contribution is 6.33. The second-order valence-corrected chi connectivity index (χ2v) is 4.60. The number of carbonyl (C=O) groups is 1. The van der Waals surface area contributed by atoms with Gasteiger partial charge in [-0.15, -0.1) is 0 Å². The molecule has 0 aliphatic carbocycles. The number of para-hydroxylation sites is 1. The Hall–Kier alpha value is -2.51. The van der Waals surface area contributed by atoms with E-state index in [0.29, 0.717) is 22.7 Å². The second kappa shape index (κ2) is 6.09. The van der Waals surface area contributed by atoms with Gasteiger partial charge in [-0.2, -0.15) is 5.26 Å². The van der Waals surface area contributed by atoms with Crippen molar-refractivity contribution in [2.75, 3.05) is 5.73 Å². The van der Waals surface area contributed by atoms with Crippen LogP contribution in [0, 0.1) is 11.3 Å². The Labute approximate surface area is 121 Å². The van der Waals surface area contributed by atoms with Gasteiger partial charge in [-0.25, -0.2) is 0 Å². The standard InChI is InChI=1S/C15H12ClN3O/c16-13-6-2-5-12(14(13)18)15(20)19-9-11-4-1-3-10(7-11)8-17/h1-7H,9,18H2,(H,19,20). The zero-order chi connectivity index (χ0) is 14.5. The van der Waals surface area contributed by atoms with E-state index in [9.17, 15) is 4.79 Å². The molecular weight excluding hydrogens is 274 g/mol. The number of carbonyl (C=O) groups excluding carboxylic acids is 1. The van der Waals surface area contributed by atoms with Gasteiger partial charge in [0.25, 0.3) is 5.91 Å². The largest absolute Gasteiger partial charge is 0.397 e. The van der Waals surface area contributed by atoms with Crippen LogP contribution >= 0.6 is 11.6 Å². The van der Waals surface area contributed by atoms with Crippen molar-refractivity contribution in [1.82, 2.24) is 5.32 Å². The first-order chi connectivity index (χ1) is 9.61. The molecule has 20 heavy (non-hydrogen) atoms. The number of nitrogen functional groups attached to an aromatic ring is 1. The molecule has 2 aromatic rings. The minimum atomic E-state index is -0.299. The molecule has 2 aromatic carbocycles. The lowest BCUT2D eigenvalue weighted by Crippen LogP contribution is -2.23. The Bertz CT molecular complexity index is 692. The molecule has 0 heterocycles. The third kappa shape index (κ3) is 3.08. The summed E-state index contributed by atoms with van der Waals surface area (Å²) in [6, 6.07) is 14.0. The van der Waals surface area contributed by atoms with Crippen LogP contribution in [0.2, 0.25) is 5.02 Å². The predicted molar refractivity (Wildman–Crippen MR) is 78.2 cm³/mol. The number of halogens is 1. The van der Waals surface area contributed by atoms with Crippen LogP contribution in [0.5, 0.6) is 0 Å². The summed E-state index contributed by atoms with van der Waals surface area (Å²) < 4.78 is 0. The lowest BCUT2D eigenvalue weighted by atomic mass is 10.1. The van der Waals surface area contributed by atoms with E-state index < -0.39 is 0 Å². The fraction of sp³-hybridized carbons (Fsp3) is 0.0667. The van der Waals surface area contributed by atoms with Gasteiger partial charge in [0.15, 0.2) is 0 Å². The van der Waals surface area contributed by atoms with E-state index in [-0.39, 0.29) is 11.6 Å². The molecule has 3 N–H and O–H groups in total. The SMILES string of the molecule is N#Cc1cccc(CNC(=O)c2cccc(Cl)c2N)c1. The summed E-state index contributed by atoms with van der Waals surface area (Å²) in [7, 11) is 0. The van der Waals surface area contributed by atoms with Crippen molar-refractivity contribution in [3.63, 3.8) is 0 Å². The van der Waals surface area contributed by atoms with Crippen LogP contribution in [0.1, 0.15) is 21.5 Å². The number of hydrogen-bond donors (Lipinski definition) is 2. The number of nitrogens with zero attached hydrogens (tertiary/aromatic N) is 1. The second-order valence-electron chi connectivity index (χ2n) is 4.20. The topological polar surface area (TPSA) is 78.9 Å². The average Bonchev–Trinajstić information content (AvgIpc) is 2.48. The smallest absolute Gasteiger partial charge is 0.253 e. The van der Waals surface area contributed by atoms with E-state index in [2.05, 4.69) is 11.4 Å². The molecule has 2 rings (SSSR count). The zero-order valence-corrected chi connectivity index (χ0v) is 11.3. The highest BCUT2D eigenvalue weighted by Crippen LogP contribution is 2.22. The summed E-state index contributed by atoms with van der Waals surface area (Å²) in [5.74, 6) is -0.299. The van der Waals surface area contributed by atoms with Crippen molar-refractivity contribution in [3.8, 4) is 6.07 Å². The molecule has 0 atom stereocenters. The number of anilines is 1. The zero-order valence-electron chi connectivity index (χ0n) is 10.6. The Kier molecular flexibility index (Phi) is 4.24. The summed E-state index contributed by atoms with van der Waals surface area (Å²) in [5, 5.41) is 11.9. The molecule has 4 nitrogen and oxygen atoms in total. The quantitative estimate of drug-likeness (QED) is 0.851. The van der Waals surface area contributed by atoms with Gasteiger partial charge < -0.3 is 11.1 Å². The van der Waals surface area contributed by atoms with Gasteiger partial charge in [-0.05, 0) is 29.8 Å². The lowest BCUT2D eigenvalue weighted by Gasteiger charge is -2.08. The Morgan fingerprint density at radius 2 is 2.05 bits per heavy atom. The van der Waals surface area contributed by atoms with Gasteiger partial charge in [0, 0.05) is 6.54 Å². The van der Waals surface area contributed by atoms with Crippen LogP contribution in [-0.4, -0.2) is 5.91 Å². The molecule has 5 heteroatoms. The molecule has 0 fully saturated rings. The first kappa shape index (κ1) is 13.9. The number of nitrogens with two attached hydrogens (primary N) is 1. The van der Waals surface area contributed by atoms with Crippen LogP contribution in [0.3, 0.4) is 0 Å². The molecule has 0 aliphatic rings. The minimum Gasteiger partial charge on any atom is -0.397 e. The van der Waals surface area contributed by atoms with Crippen LogP contribution in [0.25, 0.3) is 0 Å². The van der Waals surface area contributed by atoms with E-state index in [1.165, 1.54) is 0 Å². The average molecular weight is 286 g/mol. The van der Waals surface area contributed by atoms with Gasteiger partial charge in [0.05, 0.1) is 27.9 Å². The number of hydrogen-bond acceptors (Lipinski definition) is 3. The molecule has 0 bridgehead atoms. The van der Waals surface area contributed by atoms with Crippen LogP contribution in [0.15, 0.2) is 42.5 Å². The highest BCUT2D eigenvalue weighted by Gasteiger charge is 2.11. The molecular formula is C15H12ClN3O. The van der Waals surface area contributed by atoms with Gasteiger partial charge in [0.1, 0.15) is 0 Å². The fourth-order valence-corrected chi connectivity index (χ4v) is 1.94. The van der Waals surface area contributed by atoms with Crippen molar-refractivity contribution in [2.45, 2.75) is 6.54 Å². The van der Waals surface area contributed by atoms with E-state index >= 15 is 0 Å².